The Hall–Kier alpha value is -3.45. The van der Waals surface area contributed by atoms with E-state index >= 15 is 0 Å². The first-order valence-electron chi connectivity index (χ1n) is 8.66. The van der Waals surface area contributed by atoms with Crippen molar-refractivity contribution in [1.82, 2.24) is 14.8 Å². The number of carbonyl (C=O) groups is 1. The van der Waals surface area contributed by atoms with Gasteiger partial charge in [-0.05, 0) is 31.2 Å². The molecule has 2 aromatic carbocycles. The van der Waals surface area contributed by atoms with E-state index in [0.29, 0.717) is 10.7 Å². The number of rotatable bonds is 5. The molecule has 0 unspecified atom stereocenters. The van der Waals surface area contributed by atoms with Crippen molar-refractivity contribution in [2.24, 2.45) is 0 Å². The minimum absolute atomic E-state index is 0.251. The quantitative estimate of drug-likeness (QED) is 0.542. The lowest BCUT2D eigenvalue weighted by Gasteiger charge is -2.07. The summed E-state index contributed by atoms with van der Waals surface area (Å²) in [6.45, 7) is 2.02. The highest BCUT2D eigenvalue weighted by atomic mass is 32.1. The molecule has 0 atom stereocenters. The van der Waals surface area contributed by atoms with Crippen LogP contribution in [0.1, 0.15) is 15.9 Å². The molecule has 4 aromatic rings. The van der Waals surface area contributed by atoms with Crippen molar-refractivity contribution in [1.29, 1.82) is 0 Å². The molecular weight excluding hydrogens is 372 g/mol. The second kappa shape index (κ2) is 7.66. The third-order valence-corrected chi connectivity index (χ3v) is 4.98. The van der Waals surface area contributed by atoms with Crippen molar-refractivity contribution in [3.63, 3.8) is 0 Å². The number of hydrogen-bond acceptors (Lipinski definition) is 5. The summed E-state index contributed by atoms with van der Waals surface area (Å²) in [7, 11) is 1.63. The van der Waals surface area contributed by atoms with Gasteiger partial charge in [-0.25, -0.2) is 9.67 Å². The minimum atomic E-state index is -0.251. The molecule has 1 N–H and O–H groups in total. The number of methoxy groups -OCH3 is 1. The highest BCUT2D eigenvalue weighted by molar-refractivity contribution is 7.14. The number of aromatic nitrogens is 3. The van der Waals surface area contributed by atoms with Gasteiger partial charge in [0.1, 0.15) is 5.75 Å². The number of ether oxygens (including phenoxy) is 1. The Morgan fingerprint density at radius 3 is 2.79 bits per heavy atom. The van der Waals surface area contributed by atoms with Gasteiger partial charge in [-0.1, -0.05) is 29.8 Å². The highest BCUT2D eigenvalue weighted by Gasteiger charge is 2.14. The summed E-state index contributed by atoms with van der Waals surface area (Å²) in [6.07, 6.45) is 3.24. The lowest BCUT2D eigenvalue weighted by atomic mass is 10.1. The van der Waals surface area contributed by atoms with Crippen LogP contribution < -0.4 is 10.1 Å². The molecule has 0 aliphatic rings. The number of carbonyl (C=O) groups excluding carboxylic acids is 1. The number of aryl methyl sites for hydroxylation is 1. The zero-order chi connectivity index (χ0) is 19.5. The van der Waals surface area contributed by atoms with E-state index in [1.54, 1.807) is 24.2 Å². The summed E-state index contributed by atoms with van der Waals surface area (Å²) in [5.74, 6) is 0.497. The van der Waals surface area contributed by atoms with Crippen LogP contribution in [0.3, 0.4) is 0 Å². The molecule has 0 fully saturated rings. The SMILES string of the molecule is COc1ccc(C)cc1-c1csc(NC(=O)c2cnn(-c3ccccc3)c2)n1. The van der Waals surface area contributed by atoms with Crippen molar-refractivity contribution < 1.29 is 9.53 Å². The van der Waals surface area contributed by atoms with Gasteiger partial charge in [0.15, 0.2) is 5.13 Å². The molecule has 0 radical (unpaired) electrons. The van der Waals surface area contributed by atoms with E-state index in [-0.39, 0.29) is 5.91 Å². The maximum atomic E-state index is 12.6. The normalized spacial score (nSPS) is 10.6. The van der Waals surface area contributed by atoms with Gasteiger partial charge in [-0.15, -0.1) is 11.3 Å². The average Bonchev–Trinajstić information content (AvgIpc) is 3.38. The fourth-order valence-corrected chi connectivity index (χ4v) is 3.51. The van der Waals surface area contributed by atoms with Gasteiger partial charge in [0.25, 0.3) is 5.91 Å². The second-order valence-corrected chi connectivity index (χ2v) is 7.06. The van der Waals surface area contributed by atoms with E-state index in [2.05, 4.69) is 15.4 Å². The van der Waals surface area contributed by atoms with Gasteiger partial charge < -0.3 is 4.74 Å². The molecule has 0 saturated carbocycles. The Balaban J connectivity index is 1.53. The number of hydrogen-bond donors (Lipinski definition) is 1. The zero-order valence-corrected chi connectivity index (χ0v) is 16.2. The molecular formula is C21H18N4O2S. The van der Waals surface area contributed by atoms with E-state index in [1.165, 1.54) is 11.3 Å². The number of thiazole rings is 1. The molecule has 1 amide bonds. The number of benzene rings is 2. The molecule has 140 valence electrons. The Kier molecular flexibility index (Phi) is 4.90. The summed E-state index contributed by atoms with van der Waals surface area (Å²) in [5.41, 5.74) is 4.14. The first-order chi connectivity index (χ1) is 13.6. The molecule has 0 saturated heterocycles. The highest BCUT2D eigenvalue weighted by Crippen LogP contribution is 2.33. The topological polar surface area (TPSA) is 69.0 Å². The molecule has 2 aromatic heterocycles. The van der Waals surface area contributed by atoms with Crippen LogP contribution in [0.2, 0.25) is 0 Å². The number of amides is 1. The van der Waals surface area contributed by atoms with Gasteiger partial charge in [0.2, 0.25) is 0 Å². The van der Waals surface area contributed by atoms with Crippen molar-refractivity contribution in [3.8, 4) is 22.7 Å². The van der Waals surface area contributed by atoms with Crippen LogP contribution in [0.25, 0.3) is 16.9 Å². The van der Waals surface area contributed by atoms with Gasteiger partial charge >= 0.3 is 0 Å². The van der Waals surface area contributed by atoms with Crippen LogP contribution >= 0.6 is 11.3 Å². The minimum Gasteiger partial charge on any atom is -0.496 e. The fraction of sp³-hybridized carbons (Fsp3) is 0.0952. The van der Waals surface area contributed by atoms with Crippen LogP contribution in [0.5, 0.6) is 5.75 Å². The average molecular weight is 390 g/mol. The molecule has 28 heavy (non-hydrogen) atoms. The van der Waals surface area contributed by atoms with Crippen LogP contribution in [0.4, 0.5) is 5.13 Å². The molecule has 0 bridgehead atoms. The molecule has 0 aliphatic heterocycles. The lowest BCUT2D eigenvalue weighted by molar-refractivity contribution is 0.102. The largest absolute Gasteiger partial charge is 0.496 e. The predicted molar refractivity (Wildman–Crippen MR) is 110 cm³/mol. The third kappa shape index (κ3) is 3.65. The fourth-order valence-electron chi connectivity index (χ4n) is 2.81. The third-order valence-electron chi connectivity index (χ3n) is 4.22. The van der Waals surface area contributed by atoms with Crippen molar-refractivity contribution in [2.75, 3.05) is 12.4 Å². The van der Waals surface area contributed by atoms with Gasteiger partial charge in [0.05, 0.1) is 30.3 Å². The van der Waals surface area contributed by atoms with Crippen molar-refractivity contribution in [2.45, 2.75) is 6.92 Å². The van der Waals surface area contributed by atoms with E-state index in [4.69, 9.17) is 4.74 Å². The summed E-state index contributed by atoms with van der Waals surface area (Å²) in [5, 5.41) is 9.52. The predicted octanol–water partition coefficient (Wildman–Crippen LogP) is 4.57. The van der Waals surface area contributed by atoms with Gasteiger partial charge in [-0.3, -0.25) is 10.1 Å². The smallest absolute Gasteiger partial charge is 0.260 e. The Labute approximate surface area is 166 Å². The summed E-state index contributed by atoms with van der Waals surface area (Å²) in [4.78, 5) is 17.1. The van der Waals surface area contributed by atoms with E-state index < -0.39 is 0 Å². The number of nitrogens with zero attached hydrogens (tertiary/aromatic N) is 3. The molecule has 4 rings (SSSR count). The van der Waals surface area contributed by atoms with Crippen LogP contribution in [0.15, 0.2) is 66.3 Å². The summed E-state index contributed by atoms with van der Waals surface area (Å²) >= 11 is 1.37. The van der Waals surface area contributed by atoms with Gasteiger partial charge in [0, 0.05) is 17.1 Å². The number of anilines is 1. The molecule has 0 aliphatic carbocycles. The second-order valence-electron chi connectivity index (χ2n) is 6.20. The first kappa shape index (κ1) is 17.9. The zero-order valence-electron chi connectivity index (χ0n) is 15.4. The van der Waals surface area contributed by atoms with E-state index in [0.717, 1.165) is 28.3 Å². The summed E-state index contributed by atoms with van der Waals surface area (Å²) < 4.78 is 7.09. The number of para-hydroxylation sites is 1. The van der Waals surface area contributed by atoms with Crippen molar-refractivity contribution in [3.05, 3.63) is 77.4 Å². The lowest BCUT2D eigenvalue weighted by Crippen LogP contribution is -2.10. The van der Waals surface area contributed by atoms with Crippen molar-refractivity contribution >= 4 is 22.4 Å². The van der Waals surface area contributed by atoms with Gasteiger partial charge in [-0.2, -0.15) is 5.10 Å². The Morgan fingerprint density at radius 2 is 2.00 bits per heavy atom. The summed E-state index contributed by atoms with van der Waals surface area (Å²) in [6, 6.07) is 15.6. The molecule has 0 spiro atoms. The Morgan fingerprint density at radius 1 is 1.18 bits per heavy atom. The van der Waals surface area contributed by atoms with E-state index in [9.17, 15) is 4.79 Å². The molecule has 2 heterocycles. The van der Waals surface area contributed by atoms with Crippen LogP contribution in [-0.2, 0) is 0 Å². The first-order valence-corrected chi connectivity index (χ1v) is 9.54. The maximum Gasteiger partial charge on any atom is 0.260 e. The van der Waals surface area contributed by atoms with E-state index in [1.807, 2.05) is 60.8 Å². The monoisotopic (exact) mass is 390 g/mol. The molecule has 7 heteroatoms. The Bertz CT molecular complexity index is 1120. The standard InChI is InChI=1S/C21H18N4O2S/c1-14-8-9-19(27-2)17(10-14)18-13-28-21(23-18)24-20(26)15-11-22-25(12-15)16-6-4-3-5-7-16/h3-13H,1-2H3,(H,23,24,26). The maximum absolute atomic E-state index is 12.6. The van der Waals surface area contributed by atoms with Crippen LogP contribution in [0, 0.1) is 6.92 Å². The number of nitrogens with one attached hydrogen (secondary N) is 1. The van der Waals surface area contributed by atoms with Crippen LogP contribution in [-0.4, -0.2) is 27.8 Å². The molecule has 6 nitrogen and oxygen atoms in total.